The third-order valence-electron chi connectivity index (χ3n) is 5.20. The lowest BCUT2D eigenvalue weighted by atomic mass is 10.1. The van der Waals surface area contributed by atoms with Gasteiger partial charge < -0.3 is 29.6 Å². The number of ether oxygens (including phenoxy) is 1. The number of halogens is 2. The van der Waals surface area contributed by atoms with Crippen LogP contribution in [0.15, 0.2) is 12.7 Å². The van der Waals surface area contributed by atoms with Gasteiger partial charge in [-0.2, -0.15) is 4.89 Å². The van der Waals surface area contributed by atoms with Crippen LogP contribution in [0.25, 0.3) is 11.2 Å². The van der Waals surface area contributed by atoms with Crippen LogP contribution in [0.5, 0.6) is 0 Å². The van der Waals surface area contributed by atoms with Crippen LogP contribution < -0.4 is 4.90 Å². The first-order chi connectivity index (χ1) is 16.7. The zero-order valence-electron chi connectivity index (χ0n) is 18.6. The summed E-state index contributed by atoms with van der Waals surface area (Å²) in [4.78, 5) is 43.5. The van der Waals surface area contributed by atoms with Crippen molar-refractivity contribution in [3.8, 4) is 0 Å². The Labute approximate surface area is 221 Å². The van der Waals surface area contributed by atoms with Crippen molar-refractivity contribution in [3.05, 3.63) is 12.7 Å². The number of aromatic nitrogens is 4. The first-order valence-electron chi connectivity index (χ1n) is 10.2. The summed E-state index contributed by atoms with van der Waals surface area (Å²) in [6.45, 7) is 4.33. The summed E-state index contributed by atoms with van der Waals surface area (Å²) in [5, 5.41) is 21.0. The van der Waals surface area contributed by atoms with Crippen molar-refractivity contribution < 1.29 is 52.2 Å². The minimum atomic E-state index is -5.32. The standard InChI is InChI=1S/C15H22Br2N5O11P3/c1-3-21(4-2)12-9-13(19-6-18-12)22(7-20-9)14-11(24)10(23)8(32-14)5-31-36(29,30)33-35(27,28)15(16,17)34(25)26/h6-8,10-11,14,23-24H,3-5H2,1-2H3,(H2-,25,26,27,28,29,30)/p+1/t8-,10-,11-,14-/m1/s1. The van der Waals surface area contributed by atoms with E-state index >= 15 is 0 Å². The Balaban J connectivity index is 1.76. The molecule has 0 aliphatic carbocycles. The average Bonchev–Trinajstić information content (AvgIpc) is 3.34. The number of hydrogen-bond acceptors (Lipinski definition) is 12. The van der Waals surface area contributed by atoms with Gasteiger partial charge in [0.15, 0.2) is 23.2 Å². The van der Waals surface area contributed by atoms with Gasteiger partial charge in [0.2, 0.25) is 0 Å². The van der Waals surface area contributed by atoms with Crippen molar-refractivity contribution >= 4 is 72.3 Å². The molecule has 36 heavy (non-hydrogen) atoms. The third kappa shape index (κ3) is 5.91. The van der Waals surface area contributed by atoms with Crippen LogP contribution in [0.3, 0.4) is 0 Å². The highest BCUT2D eigenvalue weighted by Gasteiger charge is 2.64. The summed E-state index contributed by atoms with van der Waals surface area (Å²) < 4.78 is 48.9. The van der Waals surface area contributed by atoms with Gasteiger partial charge in [-0.3, -0.25) is 13.7 Å². The number of phosphoric ester groups is 1. The zero-order chi connectivity index (χ0) is 27.1. The summed E-state index contributed by atoms with van der Waals surface area (Å²) >= 11 is 4.93. The van der Waals surface area contributed by atoms with Gasteiger partial charge in [-0.1, -0.05) is 0 Å². The minimum absolute atomic E-state index is 0.297. The number of rotatable bonds is 11. The molecule has 1 aliphatic heterocycles. The van der Waals surface area contributed by atoms with Crippen molar-refractivity contribution in [1.29, 1.82) is 0 Å². The molecule has 2 aromatic heterocycles. The SMILES string of the molecule is CCN(CC)c1ncnc2c1ncn2[C@@H]1O[C@H](COP(=O)(O)OP(=O)(O)C(Br)(Br)[P+](=O)O)[C@@H](O)[C@H]1O. The number of hydrogen-bond donors (Lipinski definition) is 5. The fraction of sp³-hybridized carbons (Fsp3) is 0.667. The van der Waals surface area contributed by atoms with Crippen LogP contribution in [-0.2, 0) is 27.3 Å². The molecule has 7 atom stereocenters. The zero-order valence-corrected chi connectivity index (χ0v) is 24.5. The molecule has 0 spiro atoms. The Morgan fingerprint density at radius 1 is 1.19 bits per heavy atom. The molecule has 0 saturated carbocycles. The van der Waals surface area contributed by atoms with Gasteiger partial charge >= 0.3 is 26.2 Å². The highest BCUT2D eigenvalue weighted by Crippen LogP contribution is 2.76. The quantitative estimate of drug-likeness (QED) is 0.166. The Morgan fingerprint density at radius 2 is 1.83 bits per heavy atom. The number of anilines is 1. The number of aliphatic hydroxyl groups excluding tert-OH is 2. The Kier molecular flexibility index (Phi) is 9.48. The van der Waals surface area contributed by atoms with E-state index in [1.165, 1.54) is 17.2 Å². The summed E-state index contributed by atoms with van der Waals surface area (Å²) in [6, 6.07) is 0. The fourth-order valence-electron chi connectivity index (χ4n) is 3.37. The molecular weight excluding hydrogens is 679 g/mol. The minimum Gasteiger partial charge on any atom is -0.387 e. The number of alkyl halides is 2. The fourth-order valence-corrected chi connectivity index (χ4v) is 7.76. The van der Waals surface area contributed by atoms with Crippen LogP contribution in [0.2, 0.25) is 0 Å². The van der Waals surface area contributed by atoms with E-state index in [-0.39, 0.29) is 0 Å². The highest BCUT2D eigenvalue weighted by molar-refractivity contribution is 9.29. The second kappa shape index (κ2) is 11.3. The molecule has 1 aliphatic rings. The predicted octanol–water partition coefficient (Wildman–Crippen LogP) is 1.75. The first-order valence-corrected chi connectivity index (χ1v) is 16.0. The molecule has 3 unspecified atom stereocenters. The van der Waals surface area contributed by atoms with E-state index in [0.717, 1.165) is 0 Å². The van der Waals surface area contributed by atoms with E-state index in [0.29, 0.717) is 30.1 Å². The molecule has 5 N–H and O–H groups in total. The highest BCUT2D eigenvalue weighted by atomic mass is 79.9. The lowest BCUT2D eigenvalue weighted by Gasteiger charge is -2.21. The molecule has 0 amide bonds. The van der Waals surface area contributed by atoms with Crippen LogP contribution in [0, 0.1) is 0 Å². The predicted molar refractivity (Wildman–Crippen MR) is 132 cm³/mol. The maximum Gasteiger partial charge on any atom is 0.548 e. The molecule has 16 nitrogen and oxygen atoms in total. The molecule has 21 heteroatoms. The van der Waals surface area contributed by atoms with Crippen molar-refractivity contribution in [2.45, 2.75) is 41.1 Å². The smallest absolute Gasteiger partial charge is 0.387 e. The number of aliphatic hydroxyl groups is 2. The van der Waals surface area contributed by atoms with Gasteiger partial charge in [-0.15, -0.1) is 0 Å². The van der Waals surface area contributed by atoms with Gasteiger partial charge in [0.1, 0.15) is 24.6 Å². The topological polar surface area (TPSA) is 227 Å². The van der Waals surface area contributed by atoms with Crippen molar-refractivity contribution in [2.24, 2.45) is 0 Å². The Bertz CT molecular complexity index is 1220. The summed E-state index contributed by atoms with van der Waals surface area (Å²) in [6.07, 6.45) is -3.12. The summed E-state index contributed by atoms with van der Waals surface area (Å²) in [5.41, 5.74) is 0.722. The number of phosphoric acid groups is 1. The first kappa shape index (κ1) is 30.1. The van der Waals surface area contributed by atoms with Crippen LogP contribution >= 0.6 is 55.3 Å². The van der Waals surface area contributed by atoms with Gasteiger partial charge in [-0.05, 0) is 18.4 Å². The van der Waals surface area contributed by atoms with E-state index < -0.39 is 57.3 Å². The maximum absolute atomic E-state index is 12.2. The second-order valence-corrected chi connectivity index (χ2v) is 18.4. The molecule has 202 valence electrons. The Morgan fingerprint density at radius 3 is 2.42 bits per heavy atom. The van der Waals surface area contributed by atoms with Gasteiger partial charge in [0, 0.05) is 44.9 Å². The normalized spacial score (nSPS) is 26.5. The average molecular weight is 702 g/mol. The maximum atomic E-state index is 12.2. The molecular formula is C15H23Br2N5O11P3+. The van der Waals surface area contributed by atoms with Crippen molar-refractivity contribution in [1.82, 2.24) is 19.5 Å². The third-order valence-corrected chi connectivity index (χ3v) is 14.3. The monoisotopic (exact) mass is 700 g/mol. The van der Waals surface area contributed by atoms with E-state index in [1.54, 1.807) is 0 Å². The number of imidazole rings is 1. The molecule has 2 aromatic rings. The van der Waals surface area contributed by atoms with Gasteiger partial charge in [0.25, 0.3) is 0 Å². The van der Waals surface area contributed by atoms with E-state index in [4.69, 9.17) is 9.63 Å². The van der Waals surface area contributed by atoms with E-state index in [9.17, 15) is 33.7 Å². The molecule has 0 aromatic carbocycles. The summed E-state index contributed by atoms with van der Waals surface area (Å²) in [7, 11) is -14.0. The van der Waals surface area contributed by atoms with Gasteiger partial charge in [0.05, 0.1) is 12.9 Å². The van der Waals surface area contributed by atoms with Crippen LogP contribution in [0.4, 0.5) is 5.82 Å². The molecule has 3 rings (SSSR count). The van der Waals surface area contributed by atoms with E-state index in [2.05, 4.69) is 55.6 Å². The lowest BCUT2D eigenvalue weighted by molar-refractivity contribution is -0.0501. The summed E-state index contributed by atoms with van der Waals surface area (Å²) in [5.74, 6) is 0.558. The molecule has 1 saturated heterocycles. The lowest BCUT2D eigenvalue weighted by Crippen LogP contribution is -2.33. The molecule has 0 bridgehead atoms. The van der Waals surface area contributed by atoms with Gasteiger partial charge in [-0.25, -0.2) is 23.8 Å². The van der Waals surface area contributed by atoms with E-state index in [1.807, 2.05) is 18.7 Å². The van der Waals surface area contributed by atoms with Crippen LogP contribution in [-0.4, -0.2) is 85.1 Å². The second-order valence-electron chi connectivity index (χ2n) is 7.39. The van der Waals surface area contributed by atoms with Crippen molar-refractivity contribution in [2.75, 3.05) is 24.6 Å². The molecule has 1 fully saturated rings. The number of fused-ring (bicyclic) bond motifs is 1. The molecule has 3 heterocycles. The largest absolute Gasteiger partial charge is 0.548 e. The van der Waals surface area contributed by atoms with Crippen molar-refractivity contribution in [3.63, 3.8) is 0 Å². The number of nitrogens with zero attached hydrogens (tertiary/aromatic N) is 5. The Hall–Kier alpha value is -0.450. The molecule has 0 radical (unpaired) electrons. The van der Waals surface area contributed by atoms with Crippen LogP contribution in [0.1, 0.15) is 20.1 Å².